The molecule has 1 saturated heterocycles. The first-order valence-corrected chi connectivity index (χ1v) is 10.6. The number of piperidine rings is 1. The van der Waals surface area contributed by atoms with Crippen LogP contribution < -0.4 is 5.32 Å². The molecule has 29 heavy (non-hydrogen) atoms. The van der Waals surface area contributed by atoms with Gasteiger partial charge in [0, 0.05) is 19.0 Å². The summed E-state index contributed by atoms with van der Waals surface area (Å²) in [5.74, 6) is 0.177. The molecule has 5 nitrogen and oxygen atoms in total. The summed E-state index contributed by atoms with van der Waals surface area (Å²) in [6.07, 6.45) is 2.96. The normalized spacial score (nSPS) is 19.4. The number of hydrogen-bond acceptors (Lipinski definition) is 5. The Morgan fingerprint density at radius 3 is 3.03 bits per heavy atom. The summed E-state index contributed by atoms with van der Waals surface area (Å²) in [7, 11) is 1.83. The fourth-order valence-electron chi connectivity index (χ4n) is 4.18. The molecule has 0 spiro atoms. The minimum absolute atomic E-state index is 0.0899. The molecule has 2 aromatic heterocycles. The van der Waals surface area contributed by atoms with Crippen LogP contribution in [0, 0.1) is 11.7 Å². The Morgan fingerprint density at radius 1 is 1.38 bits per heavy atom. The van der Waals surface area contributed by atoms with Crippen molar-refractivity contribution >= 4 is 17.1 Å². The van der Waals surface area contributed by atoms with E-state index in [9.17, 15) is 14.3 Å². The number of Topliss-reactive ketones (excluding diaryl/α,β-unsaturated/α-hetero) is 1. The second-order valence-corrected chi connectivity index (χ2v) is 8.59. The molecule has 4 rings (SSSR count). The highest BCUT2D eigenvalue weighted by Gasteiger charge is 2.29. The minimum Gasteiger partial charge on any atom is -0.392 e. The van der Waals surface area contributed by atoms with Crippen molar-refractivity contribution in [3.8, 4) is 10.6 Å². The predicted molar refractivity (Wildman–Crippen MR) is 112 cm³/mol. The maximum absolute atomic E-state index is 13.7. The van der Waals surface area contributed by atoms with Gasteiger partial charge in [-0.1, -0.05) is 12.1 Å². The number of hydrogen-bond donors (Lipinski definition) is 2. The summed E-state index contributed by atoms with van der Waals surface area (Å²) in [4.78, 5) is 14.6. The SMILES string of the molecule is Cn1ncc(CO)c1-c1ccc(C(=O)C[C@@H]2CNCC[C@H]2c2cccc(F)c2)s1. The molecule has 0 radical (unpaired) electrons. The highest BCUT2D eigenvalue weighted by atomic mass is 32.1. The highest BCUT2D eigenvalue weighted by molar-refractivity contribution is 7.17. The first kappa shape index (κ1) is 19.9. The number of aromatic nitrogens is 2. The number of aliphatic hydroxyl groups excluding tert-OH is 1. The van der Waals surface area contributed by atoms with Crippen LogP contribution in [0.3, 0.4) is 0 Å². The van der Waals surface area contributed by atoms with E-state index in [1.165, 1.54) is 17.4 Å². The van der Waals surface area contributed by atoms with E-state index in [1.807, 2.05) is 25.2 Å². The lowest BCUT2D eigenvalue weighted by atomic mass is 9.78. The number of benzene rings is 1. The fraction of sp³-hybridized carbons (Fsp3) is 0.364. The number of ketones is 1. The molecule has 1 aromatic carbocycles. The first-order valence-electron chi connectivity index (χ1n) is 9.78. The monoisotopic (exact) mass is 413 g/mol. The second-order valence-electron chi connectivity index (χ2n) is 7.51. The third-order valence-electron chi connectivity index (χ3n) is 5.63. The number of thiophene rings is 1. The minimum atomic E-state index is -0.232. The summed E-state index contributed by atoms with van der Waals surface area (Å²) in [5, 5.41) is 17.1. The van der Waals surface area contributed by atoms with Crippen LogP contribution in [-0.4, -0.2) is 33.8 Å². The molecule has 0 aliphatic carbocycles. The van der Waals surface area contributed by atoms with E-state index in [0.29, 0.717) is 11.3 Å². The number of halogens is 1. The third-order valence-corrected chi connectivity index (χ3v) is 6.76. The predicted octanol–water partition coefficient (Wildman–Crippen LogP) is 3.75. The van der Waals surface area contributed by atoms with E-state index in [4.69, 9.17) is 0 Å². The number of carbonyl (C=O) groups excluding carboxylic acids is 1. The lowest BCUT2D eigenvalue weighted by molar-refractivity contribution is 0.0950. The van der Waals surface area contributed by atoms with E-state index < -0.39 is 0 Å². The van der Waals surface area contributed by atoms with Gasteiger partial charge in [0.1, 0.15) is 5.82 Å². The van der Waals surface area contributed by atoms with Crippen LogP contribution >= 0.6 is 11.3 Å². The molecular weight excluding hydrogens is 389 g/mol. The first-order chi connectivity index (χ1) is 14.1. The molecular formula is C22H24FN3O2S. The lowest BCUT2D eigenvalue weighted by Gasteiger charge is -2.32. The Kier molecular flexibility index (Phi) is 5.89. The molecule has 1 aliphatic rings. The topological polar surface area (TPSA) is 67.1 Å². The molecule has 0 amide bonds. The summed E-state index contributed by atoms with van der Waals surface area (Å²) >= 11 is 1.43. The van der Waals surface area contributed by atoms with Crippen LogP contribution in [0.4, 0.5) is 4.39 Å². The molecule has 1 fully saturated rings. The Morgan fingerprint density at radius 2 is 2.24 bits per heavy atom. The molecule has 7 heteroatoms. The van der Waals surface area contributed by atoms with Crippen molar-refractivity contribution in [2.24, 2.45) is 13.0 Å². The average molecular weight is 414 g/mol. The van der Waals surface area contributed by atoms with Crippen molar-refractivity contribution < 1.29 is 14.3 Å². The number of aliphatic hydroxyl groups is 1. The van der Waals surface area contributed by atoms with Crippen molar-refractivity contribution in [2.75, 3.05) is 13.1 Å². The molecule has 0 unspecified atom stereocenters. The van der Waals surface area contributed by atoms with Crippen molar-refractivity contribution in [3.05, 3.63) is 64.4 Å². The van der Waals surface area contributed by atoms with Crippen molar-refractivity contribution in [1.82, 2.24) is 15.1 Å². The van der Waals surface area contributed by atoms with E-state index in [-0.39, 0.29) is 30.0 Å². The van der Waals surface area contributed by atoms with Gasteiger partial charge < -0.3 is 10.4 Å². The average Bonchev–Trinajstić information content (AvgIpc) is 3.34. The highest BCUT2D eigenvalue weighted by Crippen LogP contribution is 2.36. The largest absolute Gasteiger partial charge is 0.392 e. The van der Waals surface area contributed by atoms with Crippen LogP contribution in [0.1, 0.15) is 39.6 Å². The van der Waals surface area contributed by atoms with E-state index >= 15 is 0 Å². The number of rotatable bonds is 6. The number of aryl methyl sites for hydroxylation is 1. The van der Waals surface area contributed by atoms with Gasteiger partial charge in [-0.25, -0.2) is 4.39 Å². The van der Waals surface area contributed by atoms with Gasteiger partial charge in [-0.2, -0.15) is 5.10 Å². The van der Waals surface area contributed by atoms with Gasteiger partial charge in [0.2, 0.25) is 0 Å². The van der Waals surface area contributed by atoms with Gasteiger partial charge in [0.05, 0.1) is 28.3 Å². The standard InChI is InChI=1S/C22H24FN3O2S/c1-26-22(16(13-27)12-25-26)21-6-5-20(29-21)19(28)10-15-11-24-8-7-18(15)14-3-2-4-17(23)9-14/h2-6,9,12,15,18,24,27H,7-8,10-11,13H2,1H3/t15-,18+/m1/s1. The summed E-state index contributed by atoms with van der Waals surface area (Å²) in [5.41, 5.74) is 2.56. The van der Waals surface area contributed by atoms with Crippen LogP contribution in [0.25, 0.3) is 10.6 Å². The van der Waals surface area contributed by atoms with Crippen LogP contribution in [0.15, 0.2) is 42.6 Å². The summed E-state index contributed by atoms with van der Waals surface area (Å²) in [6.45, 7) is 1.54. The molecule has 1 aliphatic heterocycles. The Hall–Kier alpha value is -2.35. The number of nitrogens with zero attached hydrogens (tertiary/aromatic N) is 2. The molecule has 0 saturated carbocycles. The van der Waals surface area contributed by atoms with Gasteiger partial charge in [-0.05, 0) is 61.2 Å². The van der Waals surface area contributed by atoms with E-state index in [2.05, 4.69) is 10.4 Å². The zero-order valence-corrected chi connectivity index (χ0v) is 17.1. The Balaban J connectivity index is 1.53. The van der Waals surface area contributed by atoms with Crippen LogP contribution in [0.2, 0.25) is 0 Å². The smallest absolute Gasteiger partial charge is 0.173 e. The molecule has 0 bridgehead atoms. The fourth-order valence-corrected chi connectivity index (χ4v) is 5.25. The second kappa shape index (κ2) is 8.57. The third kappa shape index (κ3) is 4.17. The molecule has 2 atom stereocenters. The Bertz CT molecular complexity index is 1010. The maximum Gasteiger partial charge on any atom is 0.173 e. The van der Waals surface area contributed by atoms with Crippen molar-refractivity contribution in [2.45, 2.75) is 25.4 Å². The van der Waals surface area contributed by atoms with Gasteiger partial charge >= 0.3 is 0 Å². The van der Waals surface area contributed by atoms with Gasteiger partial charge in [-0.15, -0.1) is 11.3 Å². The quantitative estimate of drug-likeness (QED) is 0.604. The van der Waals surface area contributed by atoms with Crippen LogP contribution in [0.5, 0.6) is 0 Å². The zero-order chi connectivity index (χ0) is 20.4. The van der Waals surface area contributed by atoms with Crippen LogP contribution in [-0.2, 0) is 13.7 Å². The van der Waals surface area contributed by atoms with Crippen molar-refractivity contribution in [3.63, 3.8) is 0 Å². The maximum atomic E-state index is 13.7. The molecule has 152 valence electrons. The zero-order valence-electron chi connectivity index (χ0n) is 16.3. The molecule has 3 heterocycles. The van der Waals surface area contributed by atoms with Crippen molar-refractivity contribution in [1.29, 1.82) is 0 Å². The van der Waals surface area contributed by atoms with E-state index in [1.54, 1.807) is 23.0 Å². The summed E-state index contributed by atoms with van der Waals surface area (Å²) in [6, 6.07) is 10.5. The van der Waals surface area contributed by atoms with Gasteiger partial charge in [0.15, 0.2) is 5.78 Å². The van der Waals surface area contributed by atoms with Gasteiger partial charge in [0.25, 0.3) is 0 Å². The lowest BCUT2D eigenvalue weighted by Crippen LogP contribution is -2.36. The van der Waals surface area contributed by atoms with E-state index in [0.717, 1.165) is 41.2 Å². The number of nitrogens with one attached hydrogen (secondary N) is 1. The molecule has 3 aromatic rings. The Labute approximate surface area is 173 Å². The van der Waals surface area contributed by atoms with Gasteiger partial charge in [-0.3, -0.25) is 9.48 Å². The molecule has 2 N–H and O–H groups in total. The number of carbonyl (C=O) groups is 1. The summed E-state index contributed by atoms with van der Waals surface area (Å²) < 4.78 is 15.4.